The Labute approximate surface area is 649 Å². The van der Waals surface area contributed by atoms with E-state index < -0.39 is 10.8 Å². The normalized spacial score (nSPS) is 14.0. The zero-order valence-corrected chi connectivity index (χ0v) is 60.7. The van der Waals surface area contributed by atoms with Gasteiger partial charge in [0.05, 0.1) is 33.6 Å². The van der Waals surface area contributed by atoms with Crippen LogP contribution < -0.4 is 9.47 Å². The van der Waals surface area contributed by atoms with Crippen LogP contribution in [0.4, 0.5) is 0 Å². The highest BCUT2D eigenvalue weighted by atomic mass is 16.5. The number of ether oxygens (including phenoxy) is 2. The lowest BCUT2D eigenvalue weighted by Crippen LogP contribution is -2.32. The molecule has 1 atom stereocenters. The molecule has 0 saturated heterocycles. The third-order valence-corrected chi connectivity index (χ3v) is 23.3. The summed E-state index contributed by atoms with van der Waals surface area (Å²) in [6.45, 7) is 0. The van der Waals surface area contributed by atoms with Crippen molar-refractivity contribution in [3.63, 3.8) is 0 Å². The van der Waals surface area contributed by atoms with Gasteiger partial charge in [0.25, 0.3) is 0 Å². The molecule has 4 aliphatic rings. The molecule has 18 aromatic rings. The Bertz CT molecular complexity index is 6800. The molecule has 6 nitrogen and oxygen atoms in total. The van der Waals surface area contributed by atoms with Gasteiger partial charge in [0.2, 0.25) is 0 Å². The predicted molar refractivity (Wildman–Crippen MR) is 452 cm³/mol. The molecule has 0 N–H and O–H groups in total. The minimum Gasteiger partial charge on any atom is -0.457 e. The van der Waals surface area contributed by atoms with Crippen molar-refractivity contribution in [3.05, 3.63) is 445 Å². The maximum absolute atomic E-state index is 7.23. The van der Waals surface area contributed by atoms with Crippen molar-refractivity contribution in [2.45, 2.75) is 10.8 Å². The summed E-state index contributed by atoms with van der Waals surface area (Å²) in [5, 5.41) is 0. The molecule has 0 amide bonds. The zero-order valence-electron chi connectivity index (χ0n) is 60.7. The molecular weight excluding hydrogens is 1360 g/mol. The maximum atomic E-state index is 7.23. The first-order valence-electron chi connectivity index (χ1n) is 38.2. The molecule has 2 aliphatic carbocycles. The third-order valence-electron chi connectivity index (χ3n) is 23.3. The zero-order chi connectivity index (χ0) is 73.9. The molecule has 4 heterocycles. The van der Waals surface area contributed by atoms with Crippen LogP contribution in [0.15, 0.2) is 400 Å². The number of para-hydroxylation sites is 2. The molecule has 6 heteroatoms. The van der Waals surface area contributed by atoms with Crippen molar-refractivity contribution < 1.29 is 9.47 Å². The fraction of sp³-hybridized carbons (Fsp3) is 0.0189. The van der Waals surface area contributed by atoms with Gasteiger partial charge >= 0.3 is 0 Å². The molecular formula is C106H66N4O2. The second-order valence-electron chi connectivity index (χ2n) is 29.3. The van der Waals surface area contributed by atoms with Crippen molar-refractivity contribution in [2.75, 3.05) is 0 Å². The largest absolute Gasteiger partial charge is 0.457 e. The van der Waals surface area contributed by atoms with Crippen LogP contribution in [0.5, 0.6) is 23.0 Å². The lowest BCUT2D eigenvalue weighted by molar-refractivity contribution is 0.436. The summed E-state index contributed by atoms with van der Waals surface area (Å²) in [5.74, 6) is 4.55. The average molecular weight is 1430 g/mol. The van der Waals surface area contributed by atoms with Crippen molar-refractivity contribution >= 4 is 0 Å². The van der Waals surface area contributed by atoms with Crippen molar-refractivity contribution in [3.8, 4) is 169 Å². The Balaban J connectivity index is 0.631. The van der Waals surface area contributed by atoms with Gasteiger partial charge in [-0.25, -0.2) is 19.9 Å². The van der Waals surface area contributed by atoms with E-state index >= 15 is 0 Å². The summed E-state index contributed by atoms with van der Waals surface area (Å²) in [6, 6.07) is 143. The fourth-order valence-electron chi connectivity index (χ4n) is 18.5. The Hall–Kier alpha value is -14.7. The number of rotatable bonds is 11. The number of hydrogen-bond donors (Lipinski definition) is 0. The monoisotopic (exact) mass is 1430 g/mol. The minimum atomic E-state index is -0.735. The van der Waals surface area contributed by atoms with E-state index in [0.717, 1.165) is 157 Å². The average Bonchev–Trinajstić information content (AvgIpc) is 1.51. The lowest BCUT2D eigenvalue weighted by atomic mass is 9.66. The summed E-state index contributed by atoms with van der Waals surface area (Å²) in [6.07, 6.45) is 0. The van der Waals surface area contributed by atoms with Crippen LogP contribution in [-0.2, 0) is 10.8 Å². The first kappa shape index (κ1) is 64.5. The number of fused-ring (bicyclic) bond motifs is 18. The second-order valence-corrected chi connectivity index (χ2v) is 29.3. The van der Waals surface area contributed by atoms with E-state index in [-0.39, 0.29) is 0 Å². The van der Waals surface area contributed by atoms with Crippen LogP contribution in [0.25, 0.3) is 146 Å². The van der Waals surface area contributed by atoms with E-state index in [9.17, 15) is 0 Å². The highest BCUT2D eigenvalue weighted by molar-refractivity contribution is 5.99. The van der Waals surface area contributed by atoms with Crippen LogP contribution in [0, 0.1) is 0 Å². The number of nitrogens with zero attached hydrogens (tertiary/aromatic N) is 4. The van der Waals surface area contributed by atoms with Gasteiger partial charge in [-0.1, -0.05) is 352 Å². The SMILES string of the molecule is c1ccc(-c2cc(-c3cccc(-c4cccc(-c5cccc6c5-c5ccccc5C65c6ccccc6Oc6cc(-c7ccccc7-c7nc(-c8ccccc8)cc(-c8ccccc8-c8ccccc8)n7)ccc65)c4)c3)nc(-c3ccccc3-c3ccc4c(c3)Oc3ccccc3C43c4ccccc4-c4ccccc43)n2)cc1. The Kier molecular flexibility index (Phi) is 15.0. The van der Waals surface area contributed by atoms with E-state index in [1.54, 1.807) is 0 Å². The smallest absolute Gasteiger partial charge is 0.161 e. The summed E-state index contributed by atoms with van der Waals surface area (Å²) < 4.78 is 14.3. The predicted octanol–water partition coefficient (Wildman–Crippen LogP) is 26.5. The topological polar surface area (TPSA) is 70.0 Å². The quantitative estimate of drug-likeness (QED) is 0.129. The van der Waals surface area contributed by atoms with Crippen molar-refractivity contribution in [1.29, 1.82) is 0 Å². The van der Waals surface area contributed by atoms with E-state index in [1.807, 2.05) is 6.07 Å². The summed E-state index contributed by atoms with van der Waals surface area (Å²) in [4.78, 5) is 21.9. The number of aromatic nitrogens is 4. The lowest BCUT2D eigenvalue weighted by Gasteiger charge is -2.39. The number of hydrogen-bond acceptors (Lipinski definition) is 6. The fourth-order valence-corrected chi connectivity index (χ4v) is 18.5. The standard InChI is InChI=1S/C106H66N4O2/c1-4-29-67(30-5-1)76-39-10-13-44-82(76)97-66-95(69-33-8-3-9-34-69)108-104(110-97)84-46-15-12-41-78(84)74-58-60-92-101(64-74)112-99-56-25-23-53-90(99)106(92)88-51-21-18-47-85(88)102-79(48-28-54-93(102)106)72-37-26-35-70(61-72)71-36-27-38-75(62-71)96-65-94(68-31-6-2-7-32-68)107-103(109-96)83-45-14-11-40-77(83)73-57-59-91-100(63-73)111-98-55-24-22-52-89(98)105(91)86-49-19-16-42-80(86)81-43-17-20-50-87(81)105/h1-66H. The number of benzene rings is 16. The van der Waals surface area contributed by atoms with Gasteiger partial charge in [0.15, 0.2) is 11.6 Å². The van der Waals surface area contributed by atoms with Crippen LogP contribution in [0.2, 0.25) is 0 Å². The van der Waals surface area contributed by atoms with Gasteiger partial charge in [0.1, 0.15) is 23.0 Å². The molecule has 112 heavy (non-hydrogen) atoms. The van der Waals surface area contributed by atoms with Crippen LogP contribution in [0.1, 0.15) is 44.5 Å². The molecule has 16 aromatic carbocycles. The first-order chi connectivity index (χ1) is 55.5. The molecule has 0 fully saturated rings. The minimum absolute atomic E-state index is 0.569. The van der Waals surface area contributed by atoms with E-state index in [4.69, 9.17) is 29.4 Å². The molecule has 2 spiro atoms. The second kappa shape index (κ2) is 26.0. The highest BCUT2D eigenvalue weighted by Gasteiger charge is 2.53. The molecule has 0 saturated carbocycles. The van der Waals surface area contributed by atoms with Crippen molar-refractivity contribution in [1.82, 2.24) is 19.9 Å². The molecule has 2 aliphatic heterocycles. The molecule has 22 rings (SSSR count). The molecule has 0 radical (unpaired) electrons. The summed E-state index contributed by atoms with van der Waals surface area (Å²) in [5.41, 5.74) is 32.8. The Morgan fingerprint density at radius 2 is 0.473 bits per heavy atom. The molecule has 522 valence electrons. The molecule has 0 bridgehead atoms. The Morgan fingerprint density at radius 3 is 1.00 bits per heavy atom. The summed E-state index contributed by atoms with van der Waals surface area (Å²) >= 11 is 0. The third kappa shape index (κ3) is 10.1. The molecule has 1 unspecified atom stereocenters. The van der Waals surface area contributed by atoms with E-state index in [2.05, 4.69) is 394 Å². The van der Waals surface area contributed by atoms with Gasteiger partial charge in [-0.05, 0) is 149 Å². The van der Waals surface area contributed by atoms with Crippen molar-refractivity contribution in [2.24, 2.45) is 0 Å². The van der Waals surface area contributed by atoms with Crippen LogP contribution >= 0.6 is 0 Å². The van der Waals surface area contributed by atoms with E-state index in [0.29, 0.717) is 11.6 Å². The Morgan fingerprint density at radius 1 is 0.161 bits per heavy atom. The molecule has 2 aromatic heterocycles. The van der Waals surface area contributed by atoms with Crippen LogP contribution in [0.3, 0.4) is 0 Å². The van der Waals surface area contributed by atoms with Crippen LogP contribution in [-0.4, -0.2) is 19.9 Å². The van der Waals surface area contributed by atoms with E-state index in [1.165, 1.54) is 44.5 Å². The van der Waals surface area contributed by atoms with Gasteiger partial charge in [0, 0.05) is 55.6 Å². The first-order valence-corrected chi connectivity index (χ1v) is 38.2. The van der Waals surface area contributed by atoms with Gasteiger partial charge in [-0.3, -0.25) is 0 Å². The summed E-state index contributed by atoms with van der Waals surface area (Å²) in [7, 11) is 0. The van der Waals surface area contributed by atoms with Gasteiger partial charge in [-0.15, -0.1) is 0 Å². The maximum Gasteiger partial charge on any atom is 0.161 e. The van der Waals surface area contributed by atoms with Gasteiger partial charge < -0.3 is 9.47 Å². The highest BCUT2D eigenvalue weighted by Crippen LogP contribution is 2.65. The van der Waals surface area contributed by atoms with Gasteiger partial charge in [-0.2, -0.15) is 0 Å².